The summed E-state index contributed by atoms with van der Waals surface area (Å²) in [6.07, 6.45) is 6.53. The van der Waals surface area contributed by atoms with E-state index in [-0.39, 0.29) is 35.6 Å². The smallest absolute Gasteiger partial charge is 0.338 e. The molecule has 0 radical (unpaired) electrons. The molecule has 2 fully saturated rings. The molecule has 28 heavy (non-hydrogen) atoms. The Bertz CT molecular complexity index is 739. The highest BCUT2D eigenvalue weighted by Crippen LogP contribution is 2.43. The lowest BCUT2D eigenvalue weighted by Gasteiger charge is -2.20. The van der Waals surface area contributed by atoms with Gasteiger partial charge in [-0.2, -0.15) is 0 Å². The fourth-order valence-electron chi connectivity index (χ4n) is 4.09. The van der Waals surface area contributed by atoms with Gasteiger partial charge in [-0.15, -0.1) is 0 Å². The molecule has 1 saturated heterocycles. The van der Waals surface area contributed by atoms with E-state index < -0.39 is 12.1 Å². The summed E-state index contributed by atoms with van der Waals surface area (Å²) >= 11 is 0. The Morgan fingerprint density at radius 2 is 2.04 bits per heavy atom. The van der Waals surface area contributed by atoms with E-state index in [2.05, 4.69) is 6.92 Å². The summed E-state index contributed by atoms with van der Waals surface area (Å²) in [5, 5.41) is 0. The first-order chi connectivity index (χ1) is 13.5. The largest absolute Gasteiger partial charge is 0.462 e. The van der Waals surface area contributed by atoms with Crippen LogP contribution >= 0.6 is 0 Å². The van der Waals surface area contributed by atoms with Gasteiger partial charge in [0.15, 0.2) is 5.78 Å². The van der Waals surface area contributed by atoms with Crippen molar-refractivity contribution < 1.29 is 23.9 Å². The van der Waals surface area contributed by atoms with Crippen LogP contribution in [-0.2, 0) is 19.1 Å². The van der Waals surface area contributed by atoms with Crippen molar-refractivity contribution in [1.29, 1.82) is 0 Å². The molecule has 0 amide bonds. The van der Waals surface area contributed by atoms with Crippen LogP contribution in [0.3, 0.4) is 0 Å². The molecule has 2 aliphatic rings. The number of rotatable bonds is 8. The first kappa shape index (κ1) is 20.3. The average Bonchev–Trinajstić information content (AvgIpc) is 3.20. The van der Waals surface area contributed by atoms with Gasteiger partial charge in [-0.1, -0.05) is 51.0 Å². The molecular weight excluding hydrogens is 356 g/mol. The zero-order valence-corrected chi connectivity index (χ0v) is 16.5. The fourth-order valence-corrected chi connectivity index (χ4v) is 4.09. The number of carbonyl (C=O) groups excluding carboxylic acids is 3. The molecule has 1 saturated carbocycles. The van der Waals surface area contributed by atoms with E-state index >= 15 is 0 Å². The van der Waals surface area contributed by atoms with Crippen LogP contribution in [0.4, 0.5) is 0 Å². The summed E-state index contributed by atoms with van der Waals surface area (Å²) < 4.78 is 11.1. The third-order valence-electron chi connectivity index (χ3n) is 5.78. The summed E-state index contributed by atoms with van der Waals surface area (Å²) in [6.45, 7) is 4.05. The van der Waals surface area contributed by atoms with Crippen LogP contribution in [0, 0.1) is 17.8 Å². The Hall–Kier alpha value is -2.43. The first-order valence-corrected chi connectivity index (χ1v) is 10.2. The first-order valence-electron chi connectivity index (χ1n) is 10.2. The number of ether oxygens (including phenoxy) is 2. The number of allylic oxidation sites excluding steroid dienone is 1. The SMILES string of the molecule is CCCCC(C)C(=O)/C=C/[C@@H]1[C@H]2CC(=O)O[C@H]2C[C@H]1OC(=O)c1ccccc1. The number of carbonyl (C=O) groups is 3. The average molecular weight is 384 g/mol. The number of esters is 2. The standard InChI is InChI=1S/C23H28O5/c1-3-4-8-15(2)19(24)12-11-17-18-13-22(25)27-21(18)14-20(17)28-23(26)16-9-6-5-7-10-16/h5-7,9-12,15,17-18,20-21H,3-4,8,13-14H2,1-2H3/b12-11+/t15?,17-,18-,20-,21+/m1/s1. The van der Waals surface area contributed by atoms with Crippen molar-refractivity contribution in [1.82, 2.24) is 0 Å². The number of benzene rings is 1. The molecule has 1 heterocycles. The summed E-state index contributed by atoms with van der Waals surface area (Å²) in [7, 11) is 0. The highest BCUT2D eigenvalue weighted by molar-refractivity contribution is 5.91. The van der Waals surface area contributed by atoms with Crippen LogP contribution in [0.1, 0.15) is 56.3 Å². The van der Waals surface area contributed by atoms with Gasteiger partial charge in [-0.25, -0.2) is 4.79 Å². The van der Waals surface area contributed by atoms with Crippen molar-refractivity contribution in [3.8, 4) is 0 Å². The normalized spacial score (nSPS) is 27.4. The van der Waals surface area contributed by atoms with Gasteiger partial charge in [0.25, 0.3) is 0 Å². The highest BCUT2D eigenvalue weighted by atomic mass is 16.6. The quantitative estimate of drug-likeness (QED) is 0.498. The molecule has 0 spiro atoms. The Morgan fingerprint density at radius 3 is 2.75 bits per heavy atom. The summed E-state index contributed by atoms with van der Waals surface area (Å²) in [4.78, 5) is 36.6. The van der Waals surface area contributed by atoms with E-state index in [0.717, 1.165) is 19.3 Å². The second kappa shape index (κ2) is 9.18. The molecule has 1 aliphatic heterocycles. The molecule has 1 aromatic carbocycles. The van der Waals surface area contributed by atoms with Gasteiger partial charge in [-0.3, -0.25) is 9.59 Å². The van der Waals surface area contributed by atoms with Gasteiger partial charge >= 0.3 is 11.9 Å². The number of unbranched alkanes of at least 4 members (excludes halogenated alkanes) is 1. The van der Waals surface area contributed by atoms with E-state index in [1.165, 1.54) is 0 Å². The molecule has 1 aliphatic carbocycles. The van der Waals surface area contributed by atoms with Crippen LogP contribution in [-0.4, -0.2) is 29.9 Å². The van der Waals surface area contributed by atoms with E-state index in [4.69, 9.17) is 9.47 Å². The fraction of sp³-hybridized carbons (Fsp3) is 0.522. The molecule has 0 aromatic heterocycles. The molecule has 1 aromatic rings. The third-order valence-corrected chi connectivity index (χ3v) is 5.78. The van der Waals surface area contributed by atoms with Crippen LogP contribution in [0.5, 0.6) is 0 Å². The number of hydrogen-bond donors (Lipinski definition) is 0. The van der Waals surface area contributed by atoms with Crippen molar-refractivity contribution in [2.45, 2.75) is 58.2 Å². The van der Waals surface area contributed by atoms with Crippen LogP contribution < -0.4 is 0 Å². The third kappa shape index (κ3) is 4.70. The summed E-state index contributed by atoms with van der Waals surface area (Å²) in [6, 6.07) is 8.84. The van der Waals surface area contributed by atoms with Gasteiger partial charge in [0, 0.05) is 24.2 Å². The highest BCUT2D eigenvalue weighted by Gasteiger charge is 2.50. The van der Waals surface area contributed by atoms with E-state index in [9.17, 15) is 14.4 Å². The van der Waals surface area contributed by atoms with Gasteiger partial charge in [-0.05, 0) is 24.6 Å². The Balaban J connectivity index is 1.70. The maximum Gasteiger partial charge on any atom is 0.338 e. The van der Waals surface area contributed by atoms with Gasteiger partial charge in [0.1, 0.15) is 12.2 Å². The monoisotopic (exact) mass is 384 g/mol. The van der Waals surface area contributed by atoms with E-state index in [1.807, 2.05) is 19.1 Å². The predicted octanol–water partition coefficient (Wildman–Crippen LogP) is 4.12. The Morgan fingerprint density at radius 1 is 1.29 bits per heavy atom. The molecule has 0 N–H and O–H groups in total. The second-order valence-corrected chi connectivity index (χ2v) is 7.82. The van der Waals surface area contributed by atoms with Crippen molar-refractivity contribution >= 4 is 17.7 Å². The van der Waals surface area contributed by atoms with Crippen LogP contribution in [0.2, 0.25) is 0 Å². The van der Waals surface area contributed by atoms with Gasteiger partial charge in [0.05, 0.1) is 12.0 Å². The predicted molar refractivity (Wildman–Crippen MR) is 105 cm³/mol. The maximum atomic E-state index is 12.5. The molecule has 5 heteroatoms. The summed E-state index contributed by atoms with van der Waals surface area (Å²) in [5.74, 6) is -0.792. The lowest BCUT2D eigenvalue weighted by atomic mass is 9.90. The van der Waals surface area contributed by atoms with Crippen molar-refractivity contribution in [3.63, 3.8) is 0 Å². The number of ketones is 1. The molecule has 3 rings (SSSR count). The second-order valence-electron chi connectivity index (χ2n) is 7.82. The van der Waals surface area contributed by atoms with Crippen molar-refractivity contribution in [3.05, 3.63) is 48.0 Å². The zero-order valence-electron chi connectivity index (χ0n) is 16.5. The molecule has 150 valence electrons. The van der Waals surface area contributed by atoms with Crippen molar-refractivity contribution in [2.24, 2.45) is 17.8 Å². The number of hydrogen-bond acceptors (Lipinski definition) is 5. The topological polar surface area (TPSA) is 69.7 Å². The van der Waals surface area contributed by atoms with Crippen LogP contribution in [0.25, 0.3) is 0 Å². The van der Waals surface area contributed by atoms with Gasteiger partial charge < -0.3 is 9.47 Å². The molecule has 5 nitrogen and oxygen atoms in total. The lowest BCUT2D eigenvalue weighted by molar-refractivity contribution is -0.141. The maximum absolute atomic E-state index is 12.5. The van der Waals surface area contributed by atoms with E-state index in [0.29, 0.717) is 18.4 Å². The Labute approximate surface area is 166 Å². The van der Waals surface area contributed by atoms with Gasteiger partial charge in [0.2, 0.25) is 0 Å². The zero-order chi connectivity index (χ0) is 20.1. The minimum atomic E-state index is -0.397. The molecule has 0 bridgehead atoms. The molecule has 1 unspecified atom stereocenters. The van der Waals surface area contributed by atoms with Crippen LogP contribution in [0.15, 0.2) is 42.5 Å². The number of fused-ring (bicyclic) bond motifs is 1. The summed E-state index contributed by atoms with van der Waals surface area (Å²) in [5.41, 5.74) is 0.489. The minimum Gasteiger partial charge on any atom is -0.462 e. The minimum absolute atomic E-state index is 0.0276. The van der Waals surface area contributed by atoms with E-state index in [1.54, 1.807) is 30.3 Å². The van der Waals surface area contributed by atoms with Crippen molar-refractivity contribution in [2.75, 3.05) is 0 Å². The molecular formula is C23H28O5. The molecule has 5 atom stereocenters. The Kier molecular flexibility index (Phi) is 6.65. The lowest BCUT2D eigenvalue weighted by Crippen LogP contribution is -2.25.